The van der Waals surface area contributed by atoms with Gasteiger partial charge in [-0.1, -0.05) is 23.7 Å². The molecule has 0 aliphatic rings. The molecule has 136 valence electrons. The highest BCUT2D eigenvalue weighted by Crippen LogP contribution is 2.22. The number of thiazole rings is 1. The lowest BCUT2D eigenvalue weighted by Crippen LogP contribution is -2.26. The number of nitrogens with one attached hydrogen (secondary N) is 1. The van der Waals surface area contributed by atoms with Crippen LogP contribution >= 0.6 is 22.9 Å². The molecule has 0 atom stereocenters. The first-order valence-corrected chi connectivity index (χ1v) is 9.49. The molecular weight excluding hydrogens is 387 g/mol. The normalized spacial score (nSPS) is 11.0. The zero-order valence-corrected chi connectivity index (χ0v) is 15.6. The van der Waals surface area contributed by atoms with Crippen molar-refractivity contribution in [3.05, 3.63) is 76.0 Å². The molecule has 27 heavy (non-hydrogen) atoms. The molecule has 4 rings (SSSR count). The third-order valence-corrected chi connectivity index (χ3v) is 5.15. The molecule has 0 unspecified atom stereocenters. The Bertz CT molecular complexity index is 1110. The van der Waals surface area contributed by atoms with Gasteiger partial charge < -0.3 is 5.32 Å². The van der Waals surface area contributed by atoms with Crippen molar-refractivity contribution < 1.29 is 9.18 Å². The standard InChI is InChI=1S/C19H14ClFN4OS/c20-13-7-5-12(6-8-13)17-23-19-25(24-17)14(11-27-19)9-10-22-18(26)15-3-1-2-4-16(15)21/h1-8,11H,9-10H2,(H,22,26). The van der Waals surface area contributed by atoms with Crippen molar-refractivity contribution in [2.24, 2.45) is 0 Å². The highest BCUT2D eigenvalue weighted by molar-refractivity contribution is 7.15. The topological polar surface area (TPSA) is 59.3 Å². The average molecular weight is 401 g/mol. The van der Waals surface area contributed by atoms with Gasteiger partial charge in [0.2, 0.25) is 4.96 Å². The monoisotopic (exact) mass is 400 g/mol. The predicted octanol–water partition coefficient (Wildman–Crippen LogP) is 4.22. The first-order valence-electron chi connectivity index (χ1n) is 8.23. The van der Waals surface area contributed by atoms with Crippen LogP contribution in [-0.4, -0.2) is 27.0 Å². The molecule has 0 fully saturated rings. The molecule has 0 radical (unpaired) electrons. The number of rotatable bonds is 5. The summed E-state index contributed by atoms with van der Waals surface area (Å²) in [5.74, 6) is -0.341. The van der Waals surface area contributed by atoms with Gasteiger partial charge in [-0.25, -0.2) is 8.91 Å². The summed E-state index contributed by atoms with van der Waals surface area (Å²) >= 11 is 7.40. The van der Waals surface area contributed by atoms with Crippen molar-refractivity contribution in [3.8, 4) is 11.4 Å². The lowest BCUT2D eigenvalue weighted by Gasteiger charge is -2.05. The van der Waals surface area contributed by atoms with Crippen LogP contribution in [0.5, 0.6) is 0 Å². The molecule has 5 nitrogen and oxygen atoms in total. The number of benzene rings is 2. The zero-order valence-electron chi connectivity index (χ0n) is 14.0. The number of carbonyl (C=O) groups is 1. The number of aromatic nitrogens is 3. The van der Waals surface area contributed by atoms with Gasteiger partial charge in [0.15, 0.2) is 5.82 Å². The van der Waals surface area contributed by atoms with E-state index < -0.39 is 11.7 Å². The summed E-state index contributed by atoms with van der Waals surface area (Å²) in [6.07, 6.45) is 0.559. The maximum atomic E-state index is 13.6. The van der Waals surface area contributed by atoms with E-state index in [1.54, 1.807) is 28.8 Å². The number of halogens is 2. The molecule has 2 aromatic carbocycles. The quantitative estimate of drug-likeness (QED) is 0.545. The van der Waals surface area contributed by atoms with E-state index >= 15 is 0 Å². The van der Waals surface area contributed by atoms with Crippen molar-refractivity contribution in [3.63, 3.8) is 0 Å². The number of fused-ring (bicyclic) bond motifs is 1. The van der Waals surface area contributed by atoms with E-state index in [2.05, 4.69) is 15.4 Å². The SMILES string of the molecule is O=C(NCCc1csc2nc(-c3ccc(Cl)cc3)nn12)c1ccccc1F. The largest absolute Gasteiger partial charge is 0.352 e. The van der Waals surface area contributed by atoms with Crippen LogP contribution in [0, 0.1) is 5.82 Å². The van der Waals surface area contributed by atoms with Crippen molar-refractivity contribution in [1.82, 2.24) is 19.9 Å². The van der Waals surface area contributed by atoms with Gasteiger partial charge in [-0.05, 0) is 36.4 Å². The summed E-state index contributed by atoms with van der Waals surface area (Å²) in [5, 5.41) is 9.89. The highest BCUT2D eigenvalue weighted by atomic mass is 35.5. The molecule has 0 aliphatic heterocycles. The minimum atomic E-state index is -0.531. The summed E-state index contributed by atoms with van der Waals surface area (Å²) in [6.45, 7) is 0.370. The van der Waals surface area contributed by atoms with E-state index in [1.807, 2.05) is 17.5 Å². The number of nitrogens with zero attached hydrogens (tertiary/aromatic N) is 3. The van der Waals surface area contributed by atoms with E-state index in [4.69, 9.17) is 11.6 Å². The third kappa shape index (κ3) is 3.70. The minimum Gasteiger partial charge on any atom is -0.352 e. The summed E-state index contributed by atoms with van der Waals surface area (Å²) in [7, 11) is 0. The van der Waals surface area contributed by atoms with Crippen molar-refractivity contribution in [2.45, 2.75) is 6.42 Å². The number of carbonyl (C=O) groups excluding carboxylic acids is 1. The molecule has 1 N–H and O–H groups in total. The number of hydrogen-bond donors (Lipinski definition) is 1. The molecule has 1 amide bonds. The van der Waals surface area contributed by atoms with Crippen LogP contribution in [0.25, 0.3) is 16.3 Å². The Balaban J connectivity index is 1.46. The van der Waals surface area contributed by atoms with Crippen LogP contribution in [0.3, 0.4) is 0 Å². The zero-order chi connectivity index (χ0) is 18.8. The van der Waals surface area contributed by atoms with Gasteiger partial charge in [0.1, 0.15) is 5.82 Å². The van der Waals surface area contributed by atoms with Crippen LogP contribution < -0.4 is 5.32 Å². The fraction of sp³-hybridized carbons (Fsp3) is 0.105. The molecule has 2 heterocycles. The highest BCUT2D eigenvalue weighted by Gasteiger charge is 2.13. The smallest absolute Gasteiger partial charge is 0.254 e. The second-order valence-corrected chi connectivity index (χ2v) is 7.12. The van der Waals surface area contributed by atoms with Crippen molar-refractivity contribution in [2.75, 3.05) is 6.54 Å². The van der Waals surface area contributed by atoms with Gasteiger partial charge in [0.05, 0.1) is 11.3 Å². The van der Waals surface area contributed by atoms with E-state index in [9.17, 15) is 9.18 Å². The first kappa shape index (κ1) is 17.6. The molecule has 0 saturated carbocycles. The summed E-state index contributed by atoms with van der Waals surface area (Å²) in [4.78, 5) is 17.4. The summed E-state index contributed by atoms with van der Waals surface area (Å²) < 4.78 is 15.4. The average Bonchev–Trinajstić information content (AvgIpc) is 3.24. The van der Waals surface area contributed by atoms with E-state index in [1.165, 1.54) is 23.5 Å². The molecule has 4 aromatic rings. The van der Waals surface area contributed by atoms with Gasteiger partial charge >= 0.3 is 0 Å². The molecular formula is C19H14ClFN4OS. The van der Waals surface area contributed by atoms with E-state index in [0.717, 1.165) is 16.2 Å². The van der Waals surface area contributed by atoms with Crippen LogP contribution in [0.1, 0.15) is 16.1 Å². The fourth-order valence-electron chi connectivity index (χ4n) is 2.66. The minimum absolute atomic E-state index is 0.0405. The molecule has 0 bridgehead atoms. The Labute approximate surface area is 163 Å². The molecule has 0 saturated heterocycles. The van der Waals surface area contributed by atoms with E-state index in [-0.39, 0.29) is 5.56 Å². The second kappa shape index (κ2) is 7.46. The Morgan fingerprint density at radius 1 is 1.19 bits per heavy atom. The Morgan fingerprint density at radius 3 is 2.74 bits per heavy atom. The summed E-state index contributed by atoms with van der Waals surface area (Å²) in [6, 6.07) is 13.3. The van der Waals surface area contributed by atoms with Gasteiger partial charge in [-0.15, -0.1) is 16.4 Å². The number of amides is 1. The fourth-order valence-corrected chi connectivity index (χ4v) is 3.64. The summed E-state index contributed by atoms with van der Waals surface area (Å²) in [5.41, 5.74) is 1.85. The van der Waals surface area contributed by atoms with Crippen LogP contribution in [-0.2, 0) is 6.42 Å². The third-order valence-electron chi connectivity index (χ3n) is 4.04. The maximum Gasteiger partial charge on any atom is 0.254 e. The molecule has 2 aromatic heterocycles. The van der Waals surface area contributed by atoms with Crippen LogP contribution in [0.2, 0.25) is 5.02 Å². The van der Waals surface area contributed by atoms with Crippen LogP contribution in [0.4, 0.5) is 4.39 Å². The molecule has 8 heteroatoms. The van der Waals surface area contributed by atoms with Crippen molar-refractivity contribution >= 4 is 33.8 Å². The van der Waals surface area contributed by atoms with Crippen LogP contribution in [0.15, 0.2) is 53.9 Å². The molecule has 0 aliphatic carbocycles. The first-order chi connectivity index (χ1) is 13.1. The lowest BCUT2D eigenvalue weighted by atomic mass is 10.2. The van der Waals surface area contributed by atoms with E-state index in [0.29, 0.717) is 23.8 Å². The van der Waals surface area contributed by atoms with Gasteiger partial charge in [-0.3, -0.25) is 4.79 Å². The number of hydrogen-bond acceptors (Lipinski definition) is 4. The Hall–Kier alpha value is -2.77. The van der Waals surface area contributed by atoms with Gasteiger partial charge in [0.25, 0.3) is 5.91 Å². The predicted molar refractivity (Wildman–Crippen MR) is 104 cm³/mol. The Morgan fingerprint density at radius 2 is 1.96 bits per heavy atom. The Kier molecular flexibility index (Phi) is 4.87. The van der Waals surface area contributed by atoms with Gasteiger partial charge in [0, 0.05) is 28.9 Å². The lowest BCUT2D eigenvalue weighted by molar-refractivity contribution is 0.0950. The second-order valence-electron chi connectivity index (χ2n) is 5.85. The maximum absolute atomic E-state index is 13.6. The van der Waals surface area contributed by atoms with Crippen molar-refractivity contribution in [1.29, 1.82) is 0 Å². The molecule has 0 spiro atoms. The van der Waals surface area contributed by atoms with Gasteiger partial charge in [-0.2, -0.15) is 4.98 Å².